The van der Waals surface area contributed by atoms with E-state index < -0.39 is 11.7 Å². The number of aromatic amines is 1. The van der Waals surface area contributed by atoms with Crippen LogP contribution in [0.15, 0.2) is 59.7 Å². The van der Waals surface area contributed by atoms with Crippen molar-refractivity contribution in [3.05, 3.63) is 87.9 Å². The second-order valence-corrected chi connectivity index (χ2v) is 8.36. The van der Waals surface area contributed by atoms with E-state index in [1.807, 2.05) is 18.2 Å². The summed E-state index contributed by atoms with van der Waals surface area (Å²) in [5.74, 6) is 1.90. The predicted octanol–water partition coefficient (Wildman–Crippen LogP) is 2.56. The van der Waals surface area contributed by atoms with Gasteiger partial charge in [-0.05, 0) is 72.9 Å². The standard InChI is InChI=1S/C25H26N8O3/c1-35-19-14-17(13-16-5-2-3-12-36-21(16)19)20(30-18-8-6-15(7-9-18)22(26)27)23-31-25(34)33(32-23)24-28-10-4-11-29-24/h4,6-11,13-14,20,30H,2-3,5,12H2,1H3,(H3,26,27)(H,31,32,34). The number of anilines is 1. The van der Waals surface area contributed by atoms with E-state index >= 15 is 0 Å². The molecule has 1 aliphatic heterocycles. The van der Waals surface area contributed by atoms with Crippen LogP contribution in [0.5, 0.6) is 11.5 Å². The van der Waals surface area contributed by atoms with Gasteiger partial charge in [0.25, 0.3) is 5.95 Å². The minimum absolute atomic E-state index is 0.0143. The van der Waals surface area contributed by atoms with Gasteiger partial charge in [-0.1, -0.05) is 0 Å². The number of nitrogens with two attached hydrogens (primary N) is 1. The number of fused-ring (bicyclic) bond motifs is 1. The Morgan fingerprint density at radius 3 is 2.72 bits per heavy atom. The lowest BCUT2D eigenvalue weighted by molar-refractivity contribution is 0.294. The number of ether oxygens (including phenoxy) is 2. The molecular formula is C25H26N8O3. The number of methoxy groups -OCH3 is 1. The number of H-pyrrole nitrogens is 1. The van der Waals surface area contributed by atoms with Crippen molar-refractivity contribution in [3.8, 4) is 17.4 Å². The fraction of sp³-hybridized carbons (Fsp3) is 0.240. The third-order valence-corrected chi connectivity index (χ3v) is 5.95. The molecule has 0 saturated carbocycles. The number of rotatable bonds is 7. The van der Waals surface area contributed by atoms with Crippen molar-refractivity contribution < 1.29 is 9.47 Å². The van der Waals surface area contributed by atoms with Crippen molar-refractivity contribution in [2.75, 3.05) is 19.0 Å². The zero-order valence-electron chi connectivity index (χ0n) is 19.7. The van der Waals surface area contributed by atoms with Crippen LogP contribution < -0.4 is 26.2 Å². The third kappa shape index (κ3) is 4.63. The van der Waals surface area contributed by atoms with Gasteiger partial charge >= 0.3 is 5.69 Å². The maximum atomic E-state index is 12.8. The first-order chi connectivity index (χ1) is 17.5. The Bertz CT molecular complexity index is 1430. The highest BCUT2D eigenvalue weighted by atomic mass is 16.5. The molecule has 5 rings (SSSR count). The van der Waals surface area contributed by atoms with E-state index in [0.717, 1.165) is 46.5 Å². The molecule has 184 valence electrons. The summed E-state index contributed by atoms with van der Waals surface area (Å²) in [7, 11) is 1.61. The van der Waals surface area contributed by atoms with Gasteiger partial charge in [-0.2, -0.15) is 0 Å². The van der Waals surface area contributed by atoms with Gasteiger partial charge in [0.1, 0.15) is 11.9 Å². The topological polar surface area (TPSA) is 157 Å². The van der Waals surface area contributed by atoms with Gasteiger partial charge in [-0.3, -0.25) is 10.4 Å². The van der Waals surface area contributed by atoms with Crippen LogP contribution in [0.3, 0.4) is 0 Å². The van der Waals surface area contributed by atoms with Gasteiger partial charge < -0.3 is 20.5 Å². The minimum atomic E-state index is -0.548. The van der Waals surface area contributed by atoms with E-state index in [9.17, 15) is 4.79 Å². The van der Waals surface area contributed by atoms with E-state index in [1.54, 1.807) is 37.7 Å². The van der Waals surface area contributed by atoms with E-state index in [0.29, 0.717) is 23.7 Å². The smallest absolute Gasteiger partial charge is 0.350 e. The molecule has 0 spiro atoms. The minimum Gasteiger partial charge on any atom is -0.493 e. The van der Waals surface area contributed by atoms with Crippen LogP contribution in [0.25, 0.3) is 5.95 Å². The zero-order chi connectivity index (χ0) is 25.1. The summed E-state index contributed by atoms with van der Waals surface area (Å²) in [6.07, 6.45) is 5.91. The average Bonchev–Trinajstić information content (AvgIpc) is 3.12. The SMILES string of the molecule is COc1cc(C(Nc2ccc(C(=N)N)cc2)c2nn(-c3ncccn3)c(=O)[nH]2)cc2c1OCCCC2. The Balaban J connectivity index is 1.61. The fourth-order valence-corrected chi connectivity index (χ4v) is 4.17. The quantitative estimate of drug-likeness (QED) is 0.229. The fourth-order valence-electron chi connectivity index (χ4n) is 4.17. The molecular weight excluding hydrogens is 460 g/mol. The number of aromatic nitrogens is 5. The summed E-state index contributed by atoms with van der Waals surface area (Å²) in [6, 6.07) is 12.2. The Morgan fingerprint density at radius 1 is 1.22 bits per heavy atom. The summed E-state index contributed by atoms with van der Waals surface area (Å²) in [5.41, 5.74) is 8.38. The zero-order valence-corrected chi connectivity index (χ0v) is 19.7. The largest absolute Gasteiger partial charge is 0.493 e. The van der Waals surface area contributed by atoms with Crippen molar-refractivity contribution in [1.82, 2.24) is 24.7 Å². The van der Waals surface area contributed by atoms with Crippen LogP contribution in [0.4, 0.5) is 5.69 Å². The van der Waals surface area contributed by atoms with Crippen LogP contribution >= 0.6 is 0 Å². The number of amidine groups is 1. The first-order valence-corrected chi connectivity index (χ1v) is 11.5. The highest BCUT2D eigenvalue weighted by molar-refractivity contribution is 5.95. The van der Waals surface area contributed by atoms with Crippen molar-refractivity contribution in [2.45, 2.75) is 25.3 Å². The molecule has 0 fully saturated rings. The number of hydrogen-bond donors (Lipinski definition) is 4. The molecule has 4 aromatic rings. The van der Waals surface area contributed by atoms with Crippen LogP contribution in [-0.2, 0) is 6.42 Å². The van der Waals surface area contributed by atoms with Crippen molar-refractivity contribution in [1.29, 1.82) is 5.41 Å². The van der Waals surface area contributed by atoms with Gasteiger partial charge in [0.2, 0.25) is 0 Å². The van der Waals surface area contributed by atoms with Gasteiger partial charge in [0.05, 0.1) is 13.7 Å². The monoisotopic (exact) mass is 486 g/mol. The molecule has 1 unspecified atom stereocenters. The molecule has 2 aromatic carbocycles. The van der Waals surface area contributed by atoms with E-state index in [1.165, 1.54) is 0 Å². The summed E-state index contributed by atoms with van der Waals surface area (Å²) in [6.45, 7) is 0.641. The van der Waals surface area contributed by atoms with Crippen molar-refractivity contribution in [2.24, 2.45) is 5.73 Å². The molecule has 11 heteroatoms. The molecule has 1 atom stereocenters. The van der Waals surface area contributed by atoms with Gasteiger partial charge in [-0.25, -0.2) is 14.8 Å². The van der Waals surface area contributed by atoms with Gasteiger partial charge in [0.15, 0.2) is 17.3 Å². The summed E-state index contributed by atoms with van der Waals surface area (Å²) in [5, 5.41) is 15.6. The Morgan fingerprint density at radius 2 is 2.00 bits per heavy atom. The number of benzene rings is 2. The maximum absolute atomic E-state index is 12.8. The molecule has 1 aliphatic rings. The number of hydrogen-bond acceptors (Lipinski definition) is 8. The second kappa shape index (κ2) is 9.90. The molecule has 11 nitrogen and oxygen atoms in total. The Labute approximate surface area is 206 Å². The number of nitrogen functional groups attached to an aromatic ring is 1. The summed E-state index contributed by atoms with van der Waals surface area (Å²) >= 11 is 0. The van der Waals surface area contributed by atoms with Crippen LogP contribution in [0.1, 0.15) is 41.4 Å². The molecule has 0 aliphatic carbocycles. The molecule has 0 amide bonds. The first-order valence-electron chi connectivity index (χ1n) is 11.5. The van der Waals surface area contributed by atoms with E-state index in [2.05, 4.69) is 31.4 Å². The van der Waals surface area contributed by atoms with Crippen LogP contribution in [-0.4, -0.2) is 44.3 Å². The highest BCUT2D eigenvalue weighted by Crippen LogP contribution is 2.38. The summed E-state index contributed by atoms with van der Waals surface area (Å²) < 4.78 is 12.8. The van der Waals surface area contributed by atoms with E-state index in [-0.39, 0.29) is 11.8 Å². The molecule has 0 saturated heterocycles. The second-order valence-electron chi connectivity index (χ2n) is 8.36. The average molecular weight is 487 g/mol. The lowest BCUT2D eigenvalue weighted by Crippen LogP contribution is -2.18. The number of nitrogens with one attached hydrogen (secondary N) is 3. The van der Waals surface area contributed by atoms with Gasteiger partial charge in [0, 0.05) is 23.6 Å². The molecule has 0 radical (unpaired) electrons. The molecule has 2 aromatic heterocycles. The maximum Gasteiger partial charge on any atom is 0.350 e. The first kappa shape index (κ1) is 23.1. The van der Waals surface area contributed by atoms with Crippen molar-refractivity contribution >= 4 is 11.5 Å². The highest BCUT2D eigenvalue weighted by Gasteiger charge is 2.25. The van der Waals surface area contributed by atoms with Crippen LogP contribution in [0.2, 0.25) is 0 Å². The third-order valence-electron chi connectivity index (χ3n) is 5.95. The Hall–Kier alpha value is -4.67. The lowest BCUT2D eigenvalue weighted by atomic mass is 9.98. The predicted molar refractivity (Wildman–Crippen MR) is 134 cm³/mol. The molecule has 36 heavy (non-hydrogen) atoms. The molecule has 5 N–H and O–H groups in total. The molecule has 3 heterocycles. The summed E-state index contributed by atoms with van der Waals surface area (Å²) in [4.78, 5) is 23.9. The molecule has 0 bridgehead atoms. The van der Waals surface area contributed by atoms with Crippen LogP contribution in [0, 0.1) is 5.41 Å². The lowest BCUT2D eigenvalue weighted by Gasteiger charge is -2.21. The van der Waals surface area contributed by atoms with Gasteiger partial charge in [-0.15, -0.1) is 9.78 Å². The van der Waals surface area contributed by atoms with E-state index in [4.69, 9.17) is 20.6 Å². The number of nitrogens with zero attached hydrogens (tertiary/aromatic N) is 4. The number of aryl methyl sites for hydroxylation is 1. The normalized spacial score (nSPS) is 13.7. The Kier molecular flexibility index (Phi) is 6.35. The van der Waals surface area contributed by atoms with Crippen molar-refractivity contribution in [3.63, 3.8) is 0 Å².